The van der Waals surface area contributed by atoms with Gasteiger partial charge in [-0.2, -0.15) is 0 Å². The van der Waals surface area contributed by atoms with Crippen LogP contribution in [0.3, 0.4) is 0 Å². The lowest BCUT2D eigenvalue weighted by molar-refractivity contribution is -0.115. The molecule has 3 aromatic carbocycles. The summed E-state index contributed by atoms with van der Waals surface area (Å²) in [5.41, 5.74) is 4.93. The van der Waals surface area contributed by atoms with Crippen molar-refractivity contribution in [2.24, 2.45) is 0 Å². The molecule has 30 heavy (non-hydrogen) atoms. The van der Waals surface area contributed by atoms with Gasteiger partial charge in [0.15, 0.2) is 5.11 Å². The molecule has 0 fully saturated rings. The lowest BCUT2D eigenvalue weighted by Gasteiger charge is -2.12. The third kappa shape index (κ3) is 5.99. The van der Waals surface area contributed by atoms with Gasteiger partial charge in [0.2, 0.25) is 5.91 Å². The van der Waals surface area contributed by atoms with Crippen LogP contribution >= 0.6 is 12.2 Å². The van der Waals surface area contributed by atoms with Gasteiger partial charge in [-0.1, -0.05) is 48.0 Å². The Labute approximate surface area is 181 Å². The fourth-order valence-electron chi connectivity index (χ4n) is 3.02. The molecule has 0 aliphatic carbocycles. The van der Waals surface area contributed by atoms with Gasteiger partial charge in [-0.25, -0.2) is 0 Å². The van der Waals surface area contributed by atoms with Crippen LogP contribution in [0.5, 0.6) is 0 Å². The van der Waals surface area contributed by atoms with Gasteiger partial charge >= 0.3 is 0 Å². The SMILES string of the molecule is Cc1ccc(C(=O)NC(=S)Nc2ccc(NC(=O)Cc3ccccc3)cc2)c(C)c1. The van der Waals surface area contributed by atoms with Gasteiger partial charge in [0.1, 0.15) is 0 Å². The summed E-state index contributed by atoms with van der Waals surface area (Å²) in [4.78, 5) is 24.6. The van der Waals surface area contributed by atoms with Crippen LogP contribution < -0.4 is 16.0 Å². The molecule has 3 rings (SSSR count). The fraction of sp³-hybridized carbons (Fsp3) is 0.125. The van der Waals surface area contributed by atoms with E-state index in [4.69, 9.17) is 12.2 Å². The quantitative estimate of drug-likeness (QED) is 0.530. The second kappa shape index (κ2) is 9.80. The Morgan fingerprint density at radius 3 is 2.10 bits per heavy atom. The Balaban J connectivity index is 1.52. The second-order valence-corrected chi connectivity index (χ2v) is 7.42. The van der Waals surface area contributed by atoms with Crippen molar-refractivity contribution in [3.8, 4) is 0 Å². The molecular weight excluding hydrogens is 394 g/mol. The van der Waals surface area contributed by atoms with E-state index in [0.29, 0.717) is 23.4 Å². The predicted octanol–water partition coefficient (Wildman–Crippen LogP) is 4.61. The number of hydrogen-bond acceptors (Lipinski definition) is 3. The van der Waals surface area contributed by atoms with Gasteiger partial charge < -0.3 is 10.6 Å². The highest BCUT2D eigenvalue weighted by Crippen LogP contribution is 2.15. The molecule has 0 atom stereocenters. The molecule has 0 heterocycles. The summed E-state index contributed by atoms with van der Waals surface area (Å²) in [6, 6.07) is 22.3. The molecule has 0 saturated heterocycles. The number of thiocarbonyl (C=S) groups is 1. The first-order valence-corrected chi connectivity index (χ1v) is 9.95. The predicted molar refractivity (Wildman–Crippen MR) is 125 cm³/mol. The standard InChI is InChI=1S/C24H23N3O2S/c1-16-8-13-21(17(2)14-16)23(29)27-24(30)26-20-11-9-19(10-12-20)25-22(28)15-18-6-4-3-5-7-18/h3-14H,15H2,1-2H3,(H,25,28)(H2,26,27,29,30). The van der Waals surface area contributed by atoms with Gasteiger partial charge in [0.25, 0.3) is 5.91 Å². The Morgan fingerprint density at radius 1 is 0.833 bits per heavy atom. The molecule has 0 aliphatic heterocycles. The van der Waals surface area contributed by atoms with Crippen molar-refractivity contribution in [1.29, 1.82) is 0 Å². The van der Waals surface area contributed by atoms with E-state index in [0.717, 1.165) is 16.7 Å². The van der Waals surface area contributed by atoms with Crippen LogP contribution in [0.15, 0.2) is 72.8 Å². The number of carbonyl (C=O) groups excluding carboxylic acids is 2. The number of amides is 2. The van der Waals surface area contributed by atoms with E-state index >= 15 is 0 Å². The summed E-state index contributed by atoms with van der Waals surface area (Å²) in [6.45, 7) is 3.87. The molecule has 0 aromatic heterocycles. The zero-order valence-corrected chi connectivity index (χ0v) is 17.7. The topological polar surface area (TPSA) is 70.2 Å². The molecule has 152 valence electrons. The molecule has 6 heteroatoms. The van der Waals surface area contributed by atoms with Crippen LogP contribution in [-0.4, -0.2) is 16.9 Å². The zero-order chi connectivity index (χ0) is 21.5. The molecule has 0 saturated carbocycles. The monoisotopic (exact) mass is 417 g/mol. The lowest BCUT2D eigenvalue weighted by Crippen LogP contribution is -2.34. The van der Waals surface area contributed by atoms with Gasteiger partial charge in [0.05, 0.1) is 6.42 Å². The van der Waals surface area contributed by atoms with Gasteiger partial charge in [0, 0.05) is 16.9 Å². The lowest BCUT2D eigenvalue weighted by atomic mass is 10.1. The zero-order valence-electron chi connectivity index (χ0n) is 16.9. The molecular formula is C24H23N3O2S. The highest BCUT2D eigenvalue weighted by molar-refractivity contribution is 7.80. The molecule has 0 bridgehead atoms. The van der Waals surface area contributed by atoms with Crippen LogP contribution in [0.25, 0.3) is 0 Å². The number of benzene rings is 3. The van der Waals surface area contributed by atoms with Gasteiger partial charge in [-0.05, 0) is 67.5 Å². The first-order valence-electron chi connectivity index (χ1n) is 9.54. The van der Waals surface area contributed by atoms with E-state index in [-0.39, 0.29) is 16.9 Å². The fourth-order valence-corrected chi connectivity index (χ4v) is 3.24. The van der Waals surface area contributed by atoms with E-state index in [1.807, 2.05) is 56.3 Å². The van der Waals surface area contributed by atoms with Crippen LogP contribution in [-0.2, 0) is 11.2 Å². The molecule has 3 aromatic rings. The normalized spacial score (nSPS) is 10.2. The van der Waals surface area contributed by atoms with Crippen LogP contribution in [0, 0.1) is 13.8 Å². The molecule has 0 radical (unpaired) electrons. The number of carbonyl (C=O) groups is 2. The average molecular weight is 418 g/mol. The van der Waals surface area contributed by atoms with Crippen molar-refractivity contribution in [2.45, 2.75) is 20.3 Å². The number of anilines is 2. The third-order valence-electron chi connectivity index (χ3n) is 4.49. The van der Waals surface area contributed by atoms with Crippen molar-refractivity contribution < 1.29 is 9.59 Å². The Hall–Kier alpha value is -3.51. The van der Waals surface area contributed by atoms with Gasteiger partial charge in [-0.3, -0.25) is 14.9 Å². The number of hydrogen-bond donors (Lipinski definition) is 3. The summed E-state index contributed by atoms with van der Waals surface area (Å²) in [7, 11) is 0. The molecule has 5 nitrogen and oxygen atoms in total. The average Bonchev–Trinajstić information content (AvgIpc) is 2.70. The third-order valence-corrected chi connectivity index (χ3v) is 4.69. The maximum Gasteiger partial charge on any atom is 0.257 e. The highest BCUT2D eigenvalue weighted by atomic mass is 32.1. The van der Waals surface area contributed by atoms with E-state index in [1.54, 1.807) is 30.3 Å². The van der Waals surface area contributed by atoms with Gasteiger partial charge in [-0.15, -0.1) is 0 Å². The summed E-state index contributed by atoms with van der Waals surface area (Å²) >= 11 is 5.24. The summed E-state index contributed by atoms with van der Waals surface area (Å²) < 4.78 is 0. The minimum atomic E-state index is -0.255. The number of aryl methyl sites for hydroxylation is 2. The van der Waals surface area contributed by atoms with Crippen LogP contribution in [0.4, 0.5) is 11.4 Å². The number of nitrogens with one attached hydrogen (secondary N) is 3. The largest absolute Gasteiger partial charge is 0.332 e. The van der Waals surface area contributed by atoms with E-state index < -0.39 is 0 Å². The van der Waals surface area contributed by atoms with Crippen molar-refractivity contribution >= 4 is 40.5 Å². The van der Waals surface area contributed by atoms with Crippen molar-refractivity contribution in [3.63, 3.8) is 0 Å². The summed E-state index contributed by atoms with van der Waals surface area (Å²) in [5.74, 6) is -0.340. The Morgan fingerprint density at radius 2 is 1.47 bits per heavy atom. The van der Waals surface area contributed by atoms with E-state index in [2.05, 4.69) is 16.0 Å². The second-order valence-electron chi connectivity index (χ2n) is 7.01. The smallest absolute Gasteiger partial charge is 0.257 e. The molecule has 2 amide bonds. The van der Waals surface area contributed by atoms with E-state index in [9.17, 15) is 9.59 Å². The van der Waals surface area contributed by atoms with Crippen molar-refractivity contribution in [2.75, 3.05) is 10.6 Å². The van der Waals surface area contributed by atoms with E-state index in [1.165, 1.54) is 0 Å². The molecule has 0 spiro atoms. The van der Waals surface area contributed by atoms with Crippen molar-refractivity contribution in [3.05, 3.63) is 95.1 Å². The maximum absolute atomic E-state index is 12.4. The summed E-state index contributed by atoms with van der Waals surface area (Å²) in [5, 5.41) is 8.75. The molecule has 0 aliphatic rings. The highest BCUT2D eigenvalue weighted by Gasteiger charge is 2.11. The minimum Gasteiger partial charge on any atom is -0.332 e. The molecule has 3 N–H and O–H groups in total. The first-order chi connectivity index (χ1) is 14.4. The van der Waals surface area contributed by atoms with Crippen LogP contribution in [0.2, 0.25) is 0 Å². The Kier molecular flexibility index (Phi) is 6.93. The summed E-state index contributed by atoms with van der Waals surface area (Å²) in [6.07, 6.45) is 0.315. The first kappa shape index (κ1) is 21.2. The maximum atomic E-state index is 12.4. The Bertz CT molecular complexity index is 1060. The molecule has 0 unspecified atom stereocenters. The van der Waals surface area contributed by atoms with Crippen molar-refractivity contribution in [1.82, 2.24) is 5.32 Å². The van der Waals surface area contributed by atoms with Crippen LogP contribution in [0.1, 0.15) is 27.0 Å². The minimum absolute atomic E-state index is 0.0850. The number of rotatable bonds is 5.